The summed E-state index contributed by atoms with van der Waals surface area (Å²) < 4.78 is 4.62. The lowest BCUT2D eigenvalue weighted by Crippen LogP contribution is -2.29. The number of benzene rings is 1. The molecule has 1 aromatic carbocycles. The van der Waals surface area contributed by atoms with Gasteiger partial charge in [0, 0.05) is 32.0 Å². The highest BCUT2D eigenvalue weighted by Crippen LogP contribution is 2.33. The maximum absolute atomic E-state index is 4.98. The Morgan fingerprint density at radius 2 is 2.08 bits per heavy atom. The molecule has 0 N–H and O–H groups in total. The van der Waals surface area contributed by atoms with Gasteiger partial charge in [-0.05, 0) is 45.4 Å². The van der Waals surface area contributed by atoms with E-state index in [-0.39, 0.29) is 0 Å². The molecule has 1 fully saturated rings. The minimum absolute atomic E-state index is 0.432. The summed E-state index contributed by atoms with van der Waals surface area (Å²) in [5.41, 5.74) is 2.37. The Morgan fingerprint density at radius 3 is 2.88 bits per heavy atom. The van der Waals surface area contributed by atoms with Gasteiger partial charge in [-0.15, -0.1) is 0 Å². The number of aryl methyl sites for hydroxylation is 2. The van der Waals surface area contributed by atoms with E-state index < -0.39 is 0 Å². The number of imidazole rings is 2. The SMILES string of the molecule is CCn1c(C2CCCN2CCn2ccnc2C)nc2ccccc21. The van der Waals surface area contributed by atoms with Crippen LogP contribution >= 0.6 is 0 Å². The van der Waals surface area contributed by atoms with Crippen molar-refractivity contribution in [1.82, 2.24) is 24.0 Å². The van der Waals surface area contributed by atoms with E-state index in [4.69, 9.17) is 4.98 Å². The third-order valence-electron chi connectivity index (χ3n) is 5.21. The van der Waals surface area contributed by atoms with Crippen LogP contribution in [0.2, 0.25) is 0 Å². The van der Waals surface area contributed by atoms with E-state index in [2.05, 4.69) is 63.3 Å². The van der Waals surface area contributed by atoms with Crippen LogP contribution in [0.1, 0.15) is 37.5 Å². The molecule has 24 heavy (non-hydrogen) atoms. The van der Waals surface area contributed by atoms with Gasteiger partial charge in [0.25, 0.3) is 0 Å². The molecule has 1 atom stereocenters. The number of aromatic nitrogens is 4. The van der Waals surface area contributed by atoms with Crippen molar-refractivity contribution in [3.63, 3.8) is 0 Å². The first-order valence-electron chi connectivity index (χ1n) is 8.95. The standard InChI is InChI=1S/C19H25N5/c1-3-24-17-8-5-4-7-16(17)21-19(24)18-9-6-11-23(18)14-13-22-12-10-20-15(22)2/h4-5,7-8,10,12,18H,3,6,9,11,13-14H2,1-2H3. The van der Waals surface area contributed by atoms with Crippen LogP contribution in [0.3, 0.4) is 0 Å². The Balaban J connectivity index is 1.59. The first kappa shape index (κ1) is 15.4. The zero-order valence-corrected chi connectivity index (χ0v) is 14.5. The van der Waals surface area contributed by atoms with Crippen molar-refractivity contribution in [3.8, 4) is 0 Å². The number of hydrogen-bond donors (Lipinski definition) is 0. The Kier molecular flexibility index (Phi) is 4.10. The first-order valence-corrected chi connectivity index (χ1v) is 8.95. The van der Waals surface area contributed by atoms with Crippen LogP contribution in [-0.2, 0) is 13.1 Å². The number of fused-ring (bicyclic) bond motifs is 1. The molecular weight excluding hydrogens is 298 g/mol. The van der Waals surface area contributed by atoms with Gasteiger partial charge in [-0.2, -0.15) is 0 Å². The molecule has 3 heterocycles. The lowest BCUT2D eigenvalue weighted by molar-refractivity contribution is 0.234. The fourth-order valence-corrected chi connectivity index (χ4v) is 3.94. The second kappa shape index (κ2) is 6.40. The van der Waals surface area contributed by atoms with Gasteiger partial charge < -0.3 is 9.13 Å². The molecule has 5 heteroatoms. The molecule has 4 rings (SSSR count). The van der Waals surface area contributed by atoms with Crippen LogP contribution in [-0.4, -0.2) is 37.1 Å². The number of hydrogen-bond acceptors (Lipinski definition) is 3. The lowest BCUT2D eigenvalue weighted by atomic mass is 10.2. The van der Waals surface area contributed by atoms with E-state index in [1.54, 1.807) is 0 Å². The van der Waals surface area contributed by atoms with Crippen molar-refractivity contribution in [2.75, 3.05) is 13.1 Å². The Morgan fingerprint density at radius 1 is 1.21 bits per heavy atom. The molecule has 0 saturated carbocycles. The maximum Gasteiger partial charge on any atom is 0.127 e. The molecule has 5 nitrogen and oxygen atoms in total. The summed E-state index contributed by atoms with van der Waals surface area (Å²) in [6, 6.07) is 8.92. The van der Waals surface area contributed by atoms with Crippen molar-refractivity contribution in [1.29, 1.82) is 0 Å². The monoisotopic (exact) mass is 323 g/mol. The van der Waals surface area contributed by atoms with E-state index in [0.29, 0.717) is 6.04 Å². The first-order chi connectivity index (χ1) is 11.8. The average Bonchev–Trinajstić information content (AvgIpc) is 3.30. The van der Waals surface area contributed by atoms with E-state index in [9.17, 15) is 0 Å². The summed E-state index contributed by atoms with van der Waals surface area (Å²) in [7, 11) is 0. The van der Waals surface area contributed by atoms with Crippen molar-refractivity contribution >= 4 is 11.0 Å². The van der Waals surface area contributed by atoms with E-state index in [0.717, 1.165) is 37.5 Å². The predicted molar refractivity (Wildman–Crippen MR) is 95.9 cm³/mol. The topological polar surface area (TPSA) is 38.9 Å². The lowest BCUT2D eigenvalue weighted by Gasteiger charge is -2.25. The average molecular weight is 323 g/mol. The highest BCUT2D eigenvalue weighted by Gasteiger charge is 2.30. The molecule has 2 aromatic heterocycles. The van der Waals surface area contributed by atoms with Gasteiger partial charge in [-0.25, -0.2) is 9.97 Å². The molecule has 126 valence electrons. The van der Waals surface area contributed by atoms with Crippen LogP contribution in [0.15, 0.2) is 36.7 Å². The van der Waals surface area contributed by atoms with Gasteiger partial charge in [0.15, 0.2) is 0 Å². The van der Waals surface area contributed by atoms with Crippen molar-refractivity contribution in [3.05, 3.63) is 48.3 Å². The van der Waals surface area contributed by atoms with Crippen LogP contribution in [0.25, 0.3) is 11.0 Å². The minimum atomic E-state index is 0.432. The second-order valence-corrected chi connectivity index (χ2v) is 6.56. The second-order valence-electron chi connectivity index (χ2n) is 6.56. The number of nitrogens with zero attached hydrogens (tertiary/aromatic N) is 5. The summed E-state index contributed by atoms with van der Waals surface area (Å²) in [4.78, 5) is 11.9. The van der Waals surface area contributed by atoms with Gasteiger partial charge in [0.05, 0.1) is 17.1 Å². The summed E-state index contributed by atoms with van der Waals surface area (Å²) in [6.45, 7) is 8.46. The molecule has 1 aliphatic heterocycles. The van der Waals surface area contributed by atoms with Crippen molar-refractivity contribution in [2.45, 2.75) is 45.8 Å². The van der Waals surface area contributed by atoms with Crippen molar-refractivity contribution in [2.24, 2.45) is 0 Å². The molecule has 1 aliphatic rings. The van der Waals surface area contributed by atoms with E-state index in [1.807, 2.05) is 6.20 Å². The zero-order valence-electron chi connectivity index (χ0n) is 14.5. The fourth-order valence-electron chi connectivity index (χ4n) is 3.94. The smallest absolute Gasteiger partial charge is 0.127 e. The number of likely N-dealkylation sites (tertiary alicyclic amines) is 1. The Labute approximate surface area is 142 Å². The predicted octanol–water partition coefficient (Wildman–Crippen LogP) is 3.40. The largest absolute Gasteiger partial charge is 0.334 e. The molecule has 0 aliphatic carbocycles. The summed E-state index contributed by atoms with van der Waals surface area (Å²) in [5, 5.41) is 0. The summed E-state index contributed by atoms with van der Waals surface area (Å²) in [6.07, 6.45) is 6.40. The minimum Gasteiger partial charge on any atom is -0.334 e. The van der Waals surface area contributed by atoms with Gasteiger partial charge in [0.1, 0.15) is 11.6 Å². The highest BCUT2D eigenvalue weighted by molar-refractivity contribution is 5.76. The Hall–Kier alpha value is -2.14. The third-order valence-corrected chi connectivity index (χ3v) is 5.21. The Bertz CT molecular complexity index is 831. The normalized spacial score (nSPS) is 18.7. The van der Waals surface area contributed by atoms with Gasteiger partial charge in [-0.1, -0.05) is 12.1 Å². The van der Waals surface area contributed by atoms with Crippen LogP contribution in [0.4, 0.5) is 0 Å². The molecule has 3 aromatic rings. The van der Waals surface area contributed by atoms with Crippen molar-refractivity contribution < 1.29 is 0 Å². The number of para-hydroxylation sites is 2. The van der Waals surface area contributed by atoms with E-state index >= 15 is 0 Å². The number of rotatable bonds is 5. The van der Waals surface area contributed by atoms with Gasteiger partial charge >= 0.3 is 0 Å². The summed E-state index contributed by atoms with van der Waals surface area (Å²) in [5.74, 6) is 2.32. The molecule has 0 bridgehead atoms. The van der Waals surface area contributed by atoms with E-state index in [1.165, 1.54) is 24.2 Å². The fraction of sp³-hybridized carbons (Fsp3) is 0.474. The summed E-state index contributed by atoms with van der Waals surface area (Å²) >= 11 is 0. The molecule has 0 spiro atoms. The van der Waals surface area contributed by atoms with Gasteiger partial charge in [-0.3, -0.25) is 4.90 Å². The molecular formula is C19H25N5. The van der Waals surface area contributed by atoms with Gasteiger partial charge in [0.2, 0.25) is 0 Å². The molecule has 0 amide bonds. The quantitative estimate of drug-likeness (QED) is 0.722. The van der Waals surface area contributed by atoms with Crippen LogP contribution in [0.5, 0.6) is 0 Å². The molecule has 1 unspecified atom stereocenters. The third kappa shape index (κ3) is 2.63. The van der Waals surface area contributed by atoms with Crippen LogP contribution < -0.4 is 0 Å². The zero-order chi connectivity index (χ0) is 16.5. The maximum atomic E-state index is 4.98. The molecule has 1 saturated heterocycles. The molecule has 0 radical (unpaired) electrons. The highest BCUT2D eigenvalue weighted by atomic mass is 15.2. The van der Waals surface area contributed by atoms with Crippen LogP contribution in [0, 0.1) is 6.92 Å².